The van der Waals surface area contributed by atoms with Crippen molar-refractivity contribution in [3.63, 3.8) is 0 Å². The van der Waals surface area contributed by atoms with Crippen LogP contribution in [-0.4, -0.2) is 0 Å². The zero-order valence-corrected chi connectivity index (χ0v) is 28.7. The summed E-state index contributed by atoms with van der Waals surface area (Å²) >= 11 is 0. The van der Waals surface area contributed by atoms with E-state index in [1.807, 2.05) is 6.07 Å². The van der Waals surface area contributed by atoms with Crippen molar-refractivity contribution in [3.8, 4) is 45.2 Å². The average Bonchev–Trinajstić information content (AvgIpc) is 3.53. The van der Waals surface area contributed by atoms with E-state index in [1.165, 1.54) is 44.5 Å². The Morgan fingerprint density at radius 2 is 0.827 bits per heavy atom. The first-order chi connectivity index (χ1) is 25.8. The zero-order valence-electron chi connectivity index (χ0n) is 28.7. The highest BCUT2D eigenvalue weighted by Gasteiger charge is 2.45. The molecule has 8 aromatic carbocycles. The molecule has 0 heterocycles. The summed E-state index contributed by atoms with van der Waals surface area (Å²) in [5.41, 5.74) is 14.4. The van der Waals surface area contributed by atoms with Gasteiger partial charge in [0.2, 0.25) is 0 Å². The van der Waals surface area contributed by atoms with E-state index in [4.69, 9.17) is 0 Å². The predicted molar refractivity (Wildman–Crippen MR) is 217 cm³/mol. The van der Waals surface area contributed by atoms with E-state index >= 15 is 0 Å². The van der Waals surface area contributed by atoms with E-state index < -0.39 is 5.41 Å². The van der Waals surface area contributed by atoms with Crippen molar-refractivity contribution < 1.29 is 0 Å². The van der Waals surface area contributed by atoms with Crippen molar-refractivity contribution >= 4 is 17.1 Å². The third-order valence-corrected chi connectivity index (χ3v) is 10.1. The molecule has 52 heavy (non-hydrogen) atoms. The molecular formula is C51H35N. The molecule has 244 valence electrons. The molecule has 0 saturated heterocycles. The molecule has 1 aliphatic rings. The van der Waals surface area contributed by atoms with Gasteiger partial charge in [-0.3, -0.25) is 0 Å². The van der Waals surface area contributed by atoms with Gasteiger partial charge in [0.15, 0.2) is 0 Å². The predicted octanol–water partition coefficient (Wildman–Crippen LogP) is 12.9. The van der Waals surface area contributed by atoms with Crippen LogP contribution >= 0.6 is 0 Å². The molecule has 1 unspecified atom stereocenters. The Labute approximate surface area is 306 Å². The van der Waals surface area contributed by atoms with Gasteiger partial charge in [0.05, 0.1) is 5.69 Å². The molecule has 0 spiro atoms. The van der Waals surface area contributed by atoms with Crippen molar-refractivity contribution in [2.45, 2.75) is 5.41 Å². The van der Waals surface area contributed by atoms with E-state index in [2.05, 4.69) is 223 Å². The topological polar surface area (TPSA) is 3.24 Å². The summed E-state index contributed by atoms with van der Waals surface area (Å²) < 4.78 is 0. The lowest BCUT2D eigenvalue weighted by atomic mass is 9.72. The fourth-order valence-electron chi connectivity index (χ4n) is 7.68. The third kappa shape index (κ3) is 5.48. The smallest absolute Gasteiger partial charge is 0.108 e. The first-order valence-corrected chi connectivity index (χ1v) is 17.8. The third-order valence-electron chi connectivity index (χ3n) is 10.1. The summed E-state index contributed by atoms with van der Waals surface area (Å²) in [5, 5.41) is 0. The SMILES string of the molecule is C(#CC1(c2ccc(-c3ccc(-c4ccccc4)cc3)cc2)c2ccccc2-c2c(N(c3ccccc3)c3ccccc3)cccc21)c1ccccc1. The molecule has 8 aromatic rings. The maximum Gasteiger partial charge on any atom is 0.108 e. The van der Waals surface area contributed by atoms with Crippen molar-refractivity contribution in [1.29, 1.82) is 0 Å². The lowest BCUT2D eigenvalue weighted by molar-refractivity contribution is 0.837. The van der Waals surface area contributed by atoms with E-state index in [9.17, 15) is 0 Å². The summed E-state index contributed by atoms with van der Waals surface area (Å²) in [6.07, 6.45) is 0. The second-order valence-electron chi connectivity index (χ2n) is 13.1. The largest absolute Gasteiger partial charge is 0.310 e. The Hall–Kier alpha value is -6.88. The summed E-state index contributed by atoms with van der Waals surface area (Å²) in [6.45, 7) is 0. The highest BCUT2D eigenvalue weighted by atomic mass is 15.1. The van der Waals surface area contributed by atoms with Crippen LogP contribution in [0.25, 0.3) is 33.4 Å². The van der Waals surface area contributed by atoms with Gasteiger partial charge >= 0.3 is 0 Å². The van der Waals surface area contributed by atoms with E-state index in [-0.39, 0.29) is 0 Å². The number of hydrogen-bond donors (Lipinski definition) is 0. The average molecular weight is 662 g/mol. The van der Waals surface area contributed by atoms with Crippen molar-refractivity contribution in [3.05, 3.63) is 235 Å². The molecule has 0 aromatic heterocycles. The normalized spacial score (nSPS) is 14.1. The Morgan fingerprint density at radius 1 is 0.365 bits per heavy atom. The molecule has 1 nitrogen and oxygen atoms in total. The van der Waals surface area contributed by atoms with E-state index in [0.29, 0.717) is 0 Å². The maximum atomic E-state index is 3.90. The number of anilines is 3. The van der Waals surface area contributed by atoms with Gasteiger partial charge in [-0.15, -0.1) is 0 Å². The summed E-state index contributed by atoms with van der Waals surface area (Å²) in [7, 11) is 0. The minimum absolute atomic E-state index is 0.702. The van der Waals surface area contributed by atoms with Crippen LogP contribution in [-0.2, 0) is 5.41 Å². The van der Waals surface area contributed by atoms with Crippen molar-refractivity contribution in [2.75, 3.05) is 4.90 Å². The minimum atomic E-state index is -0.702. The molecule has 0 saturated carbocycles. The number of para-hydroxylation sites is 2. The monoisotopic (exact) mass is 661 g/mol. The number of nitrogens with zero attached hydrogens (tertiary/aromatic N) is 1. The highest BCUT2D eigenvalue weighted by molar-refractivity contribution is 5.97. The first kappa shape index (κ1) is 31.1. The number of fused-ring (bicyclic) bond motifs is 3. The number of hydrogen-bond acceptors (Lipinski definition) is 1. The Bertz CT molecular complexity index is 2490. The fourth-order valence-corrected chi connectivity index (χ4v) is 7.68. The molecule has 0 fully saturated rings. The lowest BCUT2D eigenvalue weighted by Crippen LogP contribution is -2.25. The molecule has 0 radical (unpaired) electrons. The van der Waals surface area contributed by atoms with Gasteiger partial charge in [-0.25, -0.2) is 0 Å². The van der Waals surface area contributed by atoms with Crippen molar-refractivity contribution in [2.24, 2.45) is 0 Å². The first-order valence-electron chi connectivity index (χ1n) is 17.8. The summed E-state index contributed by atoms with van der Waals surface area (Å²) in [6, 6.07) is 75.7. The van der Waals surface area contributed by atoms with Gasteiger partial charge in [0.25, 0.3) is 0 Å². The van der Waals surface area contributed by atoms with Crippen LogP contribution in [0.15, 0.2) is 212 Å². The van der Waals surface area contributed by atoms with Gasteiger partial charge in [-0.05, 0) is 87.0 Å². The molecule has 0 aliphatic heterocycles. The number of benzene rings is 8. The van der Waals surface area contributed by atoms with Gasteiger partial charge in [-0.2, -0.15) is 0 Å². The lowest BCUT2D eigenvalue weighted by Gasteiger charge is -2.30. The van der Waals surface area contributed by atoms with Crippen LogP contribution in [0.2, 0.25) is 0 Å². The Balaban J connectivity index is 1.24. The molecule has 1 atom stereocenters. The van der Waals surface area contributed by atoms with Gasteiger partial charge in [-0.1, -0.05) is 182 Å². The molecule has 0 bridgehead atoms. The minimum Gasteiger partial charge on any atom is -0.310 e. The highest BCUT2D eigenvalue weighted by Crippen LogP contribution is 2.56. The quantitative estimate of drug-likeness (QED) is 0.160. The fraction of sp³-hybridized carbons (Fsp3) is 0.0196. The molecule has 1 aliphatic carbocycles. The van der Waals surface area contributed by atoms with Gasteiger partial charge < -0.3 is 4.90 Å². The molecule has 1 heteroatoms. The van der Waals surface area contributed by atoms with Crippen molar-refractivity contribution in [1.82, 2.24) is 0 Å². The summed E-state index contributed by atoms with van der Waals surface area (Å²) in [4.78, 5) is 2.37. The van der Waals surface area contributed by atoms with E-state index in [0.717, 1.165) is 28.2 Å². The molecular weight excluding hydrogens is 627 g/mol. The molecule has 0 amide bonds. The van der Waals surface area contributed by atoms with Crippen LogP contribution < -0.4 is 4.90 Å². The molecule has 0 N–H and O–H groups in total. The molecule has 9 rings (SSSR count). The zero-order chi connectivity index (χ0) is 34.7. The number of rotatable bonds is 6. The van der Waals surface area contributed by atoms with Crippen LogP contribution in [0.1, 0.15) is 22.3 Å². The van der Waals surface area contributed by atoms with Crippen LogP contribution in [0.3, 0.4) is 0 Å². The van der Waals surface area contributed by atoms with E-state index in [1.54, 1.807) is 0 Å². The Kier molecular flexibility index (Phi) is 8.05. The maximum absolute atomic E-state index is 3.90. The van der Waals surface area contributed by atoms with Crippen LogP contribution in [0.4, 0.5) is 17.1 Å². The van der Waals surface area contributed by atoms with Crippen LogP contribution in [0, 0.1) is 11.8 Å². The standard InChI is InChI=1S/C51H35N/c1-5-16-38(17-6-1)36-37-51(43-34-32-42(33-35-43)41-30-28-40(29-31-41)39-18-7-2-8-19-39)47-25-14-13-24-46(47)50-48(51)26-15-27-49(50)52(44-20-9-3-10-21-44)45-22-11-4-12-23-45/h1-35H. The van der Waals surface area contributed by atoms with Gasteiger partial charge in [0.1, 0.15) is 5.41 Å². The van der Waals surface area contributed by atoms with Gasteiger partial charge in [0, 0.05) is 22.5 Å². The second-order valence-corrected chi connectivity index (χ2v) is 13.1. The summed E-state index contributed by atoms with van der Waals surface area (Å²) in [5.74, 6) is 7.53. The second kappa shape index (κ2) is 13.4. The Morgan fingerprint density at radius 3 is 1.42 bits per heavy atom. The van der Waals surface area contributed by atoms with Crippen LogP contribution in [0.5, 0.6) is 0 Å².